The van der Waals surface area contributed by atoms with Crippen LogP contribution in [0.3, 0.4) is 0 Å². The van der Waals surface area contributed by atoms with Crippen molar-refractivity contribution in [2.24, 2.45) is 0 Å². The van der Waals surface area contributed by atoms with Gasteiger partial charge in [-0.25, -0.2) is 4.79 Å². The van der Waals surface area contributed by atoms with Crippen LogP contribution in [0.4, 0.5) is 10.5 Å². The fourth-order valence-electron chi connectivity index (χ4n) is 3.25. The van der Waals surface area contributed by atoms with Crippen LogP contribution in [-0.4, -0.2) is 25.0 Å². The third-order valence-corrected chi connectivity index (χ3v) is 4.44. The van der Waals surface area contributed by atoms with Crippen molar-refractivity contribution in [3.05, 3.63) is 53.0 Å². The molecular weight excluding hydrogens is 318 g/mol. The third kappa shape index (κ3) is 3.68. The summed E-state index contributed by atoms with van der Waals surface area (Å²) in [6.45, 7) is 6.53. The van der Waals surface area contributed by atoms with Crippen LogP contribution in [-0.2, 0) is 11.2 Å². The van der Waals surface area contributed by atoms with E-state index >= 15 is 0 Å². The molecule has 6 heteroatoms. The van der Waals surface area contributed by atoms with E-state index in [-0.39, 0.29) is 18.0 Å². The Morgan fingerprint density at radius 2 is 2.08 bits per heavy atom. The Balaban J connectivity index is 1.50. The molecule has 3 amide bonds. The number of carbonyl (C=O) groups is 2. The smallest absolute Gasteiger partial charge is 0.315 e. The zero-order valence-corrected chi connectivity index (χ0v) is 14.8. The second-order valence-electron chi connectivity index (χ2n) is 6.34. The number of hydrogen-bond acceptors (Lipinski definition) is 3. The molecule has 2 N–H and O–H groups in total. The molecule has 0 saturated carbocycles. The number of para-hydroxylation sites is 1. The van der Waals surface area contributed by atoms with E-state index < -0.39 is 0 Å². The maximum absolute atomic E-state index is 12.1. The Hall–Kier alpha value is -2.76. The molecule has 2 aromatic rings. The van der Waals surface area contributed by atoms with Gasteiger partial charge in [0.2, 0.25) is 5.91 Å². The summed E-state index contributed by atoms with van der Waals surface area (Å²) in [4.78, 5) is 25.9. The lowest BCUT2D eigenvalue weighted by Gasteiger charge is -2.19. The van der Waals surface area contributed by atoms with E-state index in [9.17, 15) is 9.59 Å². The Bertz CT molecular complexity index is 797. The molecule has 1 aliphatic heterocycles. The van der Waals surface area contributed by atoms with Crippen LogP contribution in [0.5, 0.6) is 0 Å². The fraction of sp³-hybridized carbons (Fsp3) is 0.368. The monoisotopic (exact) mass is 341 g/mol. The molecule has 132 valence electrons. The van der Waals surface area contributed by atoms with Crippen molar-refractivity contribution in [3.63, 3.8) is 0 Å². The van der Waals surface area contributed by atoms with Crippen molar-refractivity contribution < 1.29 is 14.0 Å². The number of nitrogens with zero attached hydrogens (tertiary/aromatic N) is 1. The lowest BCUT2D eigenvalue weighted by molar-refractivity contribution is -0.117. The molecule has 1 aromatic carbocycles. The van der Waals surface area contributed by atoms with Crippen LogP contribution in [0.25, 0.3) is 0 Å². The van der Waals surface area contributed by atoms with Gasteiger partial charge >= 0.3 is 6.03 Å². The van der Waals surface area contributed by atoms with Gasteiger partial charge in [0.05, 0.1) is 12.5 Å². The average Bonchev–Trinajstić information content (AvgIpc) is 3.06. The Kier molecular flexibility index (Phi) is 4.79. The highest BCUT2D eigenvalue weighted by molar-refractivity contribution is 6.01. The van der Waals surface area contributed by atoms with Crippen LogP contribution >= 0.6 is 0 Å². The molecule has 1 aliphatic rings. The lowest BCUT2D eigenvalue weighted by Crippen LogP contribution is -2.42. The molecule has 1 atom stereocenters. The summed E-state index contributed by atoms with van der Waals surface area (Å²) in [5.74, 6) is 1.71. The summed E-state index contributed by atoms with van der Waals surface area (Å²) in [5.41, 5.74) is 2.94. The van der Waals surface area contributed by atoms with Crippen molar-refractivity contribution in [1.82, 2.24) is 10.6 Å². The first-order chi connectivity index (χ1) is 12.0. The van der Waals surface area contributed by atoms with E-state index in [2.05, 4.69) is 10.6 Å². The summed E-state index contributed by atoms with van der Waals surface area (Å²) in [6, 6.07) is 9.28. The van der Waals surface area contributed by atoms with Crippen LogP contribution < -0.4 is 15.5 Å². The number of hydrogen-bond donors (Lipinski definition) is 2. The summed E-state index contributed by atoms with van der Waals surface area (Å²) in [7, 11) is 0. The first-order valence-electron chi connectivity index (χ1n) is 8.45. The van der Waals surface area contributed by atoms with E-state index in [1.54, 1.807) is 4.90 Å². The van der Waals surface area contributed by atoms with Gasteiger partial charge in [-0.3, -0.25) is 4.79 Å². The zero-order chi connectivity index (χ0) is 18.0. The molecule has 2 heterocycles. The molecule has 0 aliphatic carbocycles. The van der Waals surface area contributed by atoms with Crippen LogP contribution in [0.15, 0.2) is 34.7 Å². The molecule has 1 aromatic heterocycles. The van der Waals surface area contributed by atoms with Gasteiger partial charge in [-0.1, -0.05) is 18.2 Å². The summed E-state index contributed by atoms with van der Waals surface area (Å²) < 4.78 is 5.50. The lowest BCUT2D eigenvalue weighted by atomic mass is 10.1. The average molecular weight is 341 g/mol. The van der Waals surface area contributed by atoms with E-state index in [0.717, 1.165) is 28.3 Å². The Morgan fingerprint density at radius 3 is 2.80 bits per heavy atom. The van der Waals surface area contributed by atoms with Gasteiger partial charge in [0.15, 0.2) is 0 Å². The molecule has 0 spiro atoms. The van der Waals surface area contributed by atoms with Crippen molar-refractivity contribution in [2.75, 3.05) is 18.0 Å². The summed E-state index contributed by atoms with van der Waals surface area (Å²) in [6.07, 6.45) is 0.429. The van der Waals surface area contributed by atoms with Crippen molar-refractivity contribution in [2.45, 2.75) is 33.2 Å². The number of rotatable bonds is 5. The second kappa shape index (κ2) is 7.01. The highest BCUT2D eigenvalue weighted by Crippen LogP contribution is 2.27. The highest BCUT2D eigenvalue weighted by atomic mass is 16.3. The van der Waals surface area contributed by atoms with Crippen LogP contribution in [0.1, 0.15) is 35.6 Å². The molecular formula is C19H23N3O3. The van der Waals surface area contributed by atoms with Gasteiger partial charge in [0.25, 0.3) is 0 Å². The predicted molar refractivity (Wildman–Crippen MR) is 95.6 cm³/mol. The third-order valence-electron chi connectivity index (χ3n) is 4.44. The van der Waals surface area contributed by atoms with E-state index in [0.29, 0.717) is 19.5 Å². The van der Waals surface area contributed by atoms with E-state index in [4.69, 9.17) is 4.42 Å². The molecule has 0 saturated heterocycles. The number of furan rings is 1. The van der Waals surface area contributed by atoms with Gasteiger partial charge in [-0.15, -0.1) is 0 Å². The molecule has 0 bridgehead atoms. The van der Waals surface area contributed by atoms with Gasteiger partial charge in [-0.2, -0.15) is 0 Å². The largest absolute Gasteiger partial charge is 0.466 e. The minimum absolute atomic E-state index is 0.0706. The molecule has 6 nitrogen and oxygen atoms in total. The number of benzene rings is 1. The SMILES string of the molecule is Cc1cc([C@@H](C)NC(=O)NCCN2C(=O)Cc3ccccc32)c(C)o1. The minimum atomic E-state index is -0.259. The van der Waals surface area contributed by atoms with Gasteiger partial charge < -0.3 is 20.0 Å². The summed E-state index contributed by atoms with van der Waals surface area (Å²) in [5, 5.41) is 5.71. The van der Waals surface area contributed by atoms with Gasteiger partial charge in [0, 0.05) is 24.3 Å². The maximum Gasteiger partial charge on any atom is 0.315 e. The number of carbonyl (C=O) groups excluding carboxylic acids is 2. The number of amides is 3. The number of fused-ring (bicyclic) bond motifs is 1. The first-order valence-corrected chi connectivity index (χ1v) is 8.45. The topological polar surface area (TPSA) is 74.6 Å². The Morgan fingerprint density at radius 1 is 1.32 bits per heavy atom. The van der Waals surface area contributed by atoms with Crippen LogP contribution in [0.2, 0.25) is 0 Å². The quantitative estimate of drug-likeness (QED) is 0.878. The normalized spacial score (nSPS) is 14.4. The second-order valence-corrected chi connectivity index (χ2v) is 6.34. The van der Waals surface area contributed by atoms with Crippen molar-refractivity contribution in [1.29, 1.82) is 0 Å². The van der Waals surface area contributed by atoms with Gasteiger partial charge in [-0.05, 0) is 38.5 Å². The first kappa shape index (κ1) is 17.1. The molecule has 25 heavy (non-hydrogen) atoms. The fourth-order valence-corrected chi connectivity index (χ4v) is 3.25. The maximum atomic E-state index is 12.1. The summed E-state index contributed by atoms with van der Waals surface area (Å²) >= 11 is 0. The van der Waals surface area contributed by atoms with E-state index in [1.807, 2.05) is 51.1 Å². The van der Waals surface area contributed by atoms with E-state index in [1.165, 1.54) is 0 Å². The minimum Gasteiger partial charge on any atom is -0.466 e. The molecule has 3 rings (SSSR count). The number of anilines is 1. The van der Waals surface area contributed by atoms with Crippen molar-refractivity contribution >= 4 is 17.6 Å². The zero-order valence-electron chi connectivity index (χ0n) is 14.8. The highest BCUT2D eigenvalue weighted by Gasteiger charge is 2.26. The molecule has 0 radical (unpaired) electrons. The number of urea groups is 1. The van der Waals surface area contributed by atoms with Crippen LogP contribution in [0, 0.1) is 13.8 Å². The standard InChI is InChI=1S/C19H23N3O3/c1-12-10-16(14(3)25-12)13(2)21-19(24)20-8-9-22-17-7-5-4-6-15(17)11-18(22)23/h4-7,10,13H,8-9,11H2,1-3H3,(H2,20,21,24)/t13-/m1/s1. The Labute approximate surface area is 147 Å². The number of nitrogens with one attached hydrogen (secondary N) is 2. The van der Waals surface area contributed by atoms with Crippen molar-refractivity contribution in [3.8, 4) is 0 Å². The van der Waals surface area contributed by atoms with Gasteiger partial charge in [0.1, 0.15) is 11.5 Å². The molecule has 0 fully saturated rings. The molecule has 0 unspecified atom stereocenters. The predicted octanol–water partition coefficient (Wildman–Crippen LogP) is 2.85. The number of aryl methyl sites for hydroxylation is 2.